The summed E-state index contributed by atoms with van der Waals surface area (Å²) >= 11 is 1.58. The monoisotopic (exact) mass is 310 g/mol. The number of hydrogen-bond donors (Lipinski definition) is 0. The van der Waals surface area contributed by atoms with E-state index in [2.05, 4.69) is 42.2 Å². The van der Waals surface area contributed by atoms with Crippen LogP contribution in [-0.2, 0) is 5.75 Å². The molecule has 0 atom stereocenters. The first-order valence-corrected chi connectivity index (χ1v) is 8.20. The van der Waals surface area contributed by atoms with E-state index in [0.717, 1.165) is 16.9 Å². The Morgan fingerprint density at radius 1 is 0.955 bits per heavy atom. The molecule has 0 bridgehead atoms. The maximum Gasteiger partial charge on any atom is 0.277 e. The Hall–Kier alpha value is -2.07. The van der Waals surface area contributed by atoms with Gasteiger partial charge in [0, 0.05) is 11.3 Å². The largest absolute Gasteiger partial charge is 0.411 e. The van der Waals surface area contributed by atoms with Crippen molar-refractivity contribution in [1.29, 1.82) is 0 Å². The number of benzene rings is 2. The first-order chi connectivity index (χ1) is 10.6. The molecule has 3 aromatic rings. The zero-order valence-electron chi connectivity index (χ0n) is 13.0. The van der Waals surface area contributed by atoms with Crippen LogP contribution in [0.4, 0.5) is 0 Å². The van der Waals surface area contributed by atoms with Gasteiger partial charge in [0.2, 0.25) is 5.89 Å². The molecule has 0 aliphatic heterocycles. The first kappa shape index (κ1) is 14.9. The molecule has 112 valence electrons. The SMILES string of the molecule is Cc1ccc(C)c(CSc2nnc(-c3ccccc3C)o2)c1. The molecule has 1 aromatic heterocycles. The van der Waals surface area contributed by atoms with Crippen LogP contribution in [0.25, 0.3) is 11.5 Å². The summed E-state index contributed by atoms with van der Waals surface area (Å²) < 4.78 is 5.78. The Morgan fingerprint density at radius 3 is 2.59 bits per heavy atom. The van der Waals surface area contributed by atoms with Crippen molar-refractivity contribution in [2.24, 2.45) is 0 Å². The third-order valence-corrected chi connectivity index (χ3v) is 4.50. The van der Waals surface area contributed by atoms with Crippen LogP contribution in [-0.4, -0.2) is 10.2 Å². The predicted molar refractivity (Wildman–Crippen MR) is 89.9 cm³/mol. The Morgan fingerprint density at radius 2 is 1.77 bits per heavy atom. The standard InChI is InChI=1S/C18H18N2OS/c1-12-8-9-13(2)15(10-12)11-22-18-20-19-17(21-18)16-7-5-4-6-14(16)3/h4-10H,11H2,1-3H3. The molecule has 0 amide bonds. The van der Waals surface area contributed by atoms with Gasteiger partial charge in [-0.15, -0.1) is 10.2 Å². The van der Waals surface area contributed by atoms with Crippen molar-refractivity contribution < 1.29 is 4.42 Å². The van der Waals surface area contributed by atoms with E-state index in [1.807, 2.05) is 31.2 Å². The fraction of sp³-hybridized carbons (Fsp3) is 0.222. The lowest BCUT2D eigenvalue weighted by Gasteiger charge is -2.04. The van der Waals surface area contributed by atoms with Crippen molar-refractivity contribution in [3.05, 3.63) is 64.7 Å². The summed E-state index contributed by atoms with van der Waals surface area (Å²) in [6.07, 6.45) is 0. The second kappa shape index (κ2) is 6.36. The maximum atomic E-state index is 5.78. The van der Waals surface area contributed by atoms with Gasteiger partial charge in [-0.1, -0.05) is 53.7 Å². The lowest BCUT2D eigenvalue weighted by Crippen LogP contribution is -1.87. The number of hydrogen-bond acceptors (Lipinski definition) is 4. The van der Waals surface area contributed by atoms with Gasteiger partial charge in [-0.2, -0.15) is 0 Å². The molecule has 2 aromatic carbocycles. The van der Waals surface area contributed by atoms with E-state index in [1.165, 1.54) is 16.7 Å². The highest BCUT2D eigenvalue weighted by atomic mass is 32.2. The third-order valence-electron chi connectivity index (χ3n) is 3.64. The van der Waals surface area contributed by atoms with Gasteiger partial charge in [-0.3, -0.25) is 0 Å². The average molecular weight is 310 g/mol. The van der Waals surface area contributed by atoms with Crippen molar-refractivity contribution in [2.45, 2.75) is 31.7 Å². The quantitative estimate of drug-likeness (QED) is 0.639. The average Bonchev–Trinajstić information content (AvgIpc) is 2.97. The topological polar surface area (TPSA) is 38.9 Å². The number of rotatable bonds is 4. The molecule has 0 aliphatic carbocycles. The van der Waals surface area contributed by atoms with Gasteiger partial charge >= 0.3 is 0 Å². The number of thioether (sulfide) groups is 1. The summed E-state index contributed by atoms with van der Waals surface area (Å²) in [5.41, 5.74) is 6.00. The molecule has 0 spiro atoms. The van der Waals surface area contributed by atoms with Gasteiger partial charge in [-0.05, 0) is 43.5 Å². The van der Waals surface area contributed by atoms with E-state index in [0.29, 0.717) is 11.1 Å². The molecule has 0 radical (unpaired) electrons. The van der Waals surface area contributed by atoms with E-state index in [9.17, 15) is 0 Å². The minimum Gasteiger partial charge on any atom is -0.411 e. The van der Waals surface area contributed by atoms with Crippen LogP contribution in [0, 0.1) is 20.8 Å². The van der Waals surface area contributed by atoms with Crippen LogP contribution < -0.4 is 0 Å². The molecule has 4 heteroatoms. The molecule has 0 fully saturated rings. The van der Waals surface area contributed by atoms with E-state index in [1.54, 1.807) is 11.8 Å². The maximum absolute atomic E-state index is 5.78. The molecular weight excluding hydrogens is 292 g/mol. The fourth-order valence-corrected chi connectivity index (χ4v) is 3.11. The summed E-state index contributed by atoms with van der Waals surface area (Å²) in [7, 11) is 0. The van der Waals surface area contributed by atoms with Gasteiger partial charge < -0.3 is 4.42 Å². The predicted octanol–water partition coefficient (Wildman–Crippen LogP) is 4.95. The summed E-state index contributed by atoms with van der Waals surface area (Å²) in [6, 6.07) is 14.5. The van der Waals surface area contributed by atoms with Crippen LogP contribution in [0.5, 0.6) is 0 Å². The van der Waals surface area contributed by atoms with Crippen molar-refractivity contribution in [3.63, 3.8) is 0 Å². The third kappa shape index (κ3) is 3.22. The molecule has 0 saturated heterocycles. The Kier molecular flexibility index (Phi) is 4.29. The lowest BCUT2D eigenvalue weighted by molar-refractivity contribution is 0.465. The van der Waals surface area contributed by atoms with Crippen LogP contribution in [0.1, 0.15) is 22.3 Å². The molecule has 0 aliphatic rings. The summed E-state index contributed by atoms with van der Waals surface area (Å²) in [5, 5.41) is 8.92. The highest BCUT2D eigenvalue weighted by Gasteiger charge is 2.11. The van der Waals surface area contributed by atoms with Gasteiger partial charge in [-0.25, -0.2) is 0 Å². The van der Waals surface area contributed by atoms with Crippen LogP contribution in [0.3, 0.4) is 0 Å². The molecule has 22 heavy (non-hydrogen) atoms. The minimum atomic E-state index is 0.585. The second-order valence-electron chi connectivity index (χ2n) is 5.41. The van der Waals surface area contributed by atoms with E-state index >= 15 is 0 Å². The van der Waals surface area contributed by atoms with Gasteiger partial charge in [0.15, 0.2) is 0 Å². The Labute approximate surface area is 134 Å². The van der Waals surface area contributed by atoms with Crippen molar-refractivity contribution in [2.75, 3.05) is 0 Å². The summed E-state index contributed by atoms with van der Waals surface area (Å²) in [4.78, 5) is 0. The van der Waals surface area contributed by atoms with E-state index in [-0.39, 0.29) is 0 Å². The Balaban J connectivity index is 1.75. The molecular formula is C18H18N2OS. The lowest BCUT2D eigenvalue weighted by atomic mass is 10.1. The van der Waals surface area contributed by atoms with Gasteiger partial charge in [0.1, 0.15) is 0 Å². The summed E-state index contributed by atoms with van der Waals surface area (Å²) in [5.74, 6) is 1.42. The minimum absolute atomic E-state index is 0.585. The summed E-state index contributed by atoms with van der Waals surface area (Å²) in [6.45, 7) is 6.28. The first-order valence-electron chi connectivity index (χ1n) is 7.22. The molecule has 0 unspecified atom stereocenters. The highest BCUT2D eigenvalue weighted by molar-refractivity contribution is 7.98. The normalized spacial score (nSPS) is 10.9. The molecule has 0 saturated carbocycles. The second-order valence-corrected chi connectivity index (χ2v) is 6.33. The molecule has 1 heterocycles. The number of aryl methyl sites for hydroxylation is 3. The van der Waals surface area contributed by atoms with Crippen molar-refractivity contribution >= 4 is 11.8 Å². The molecule has 0 N–H and O–H groups in total. The van der Waals surface area contributed by atoms with Crippen LogP contribution >= 0.6 is 11.8 Å². The number of aromatic nitrogens is 2. The zero-order valence-corrected chi connectivity index (χ0v) is 13.8. The van der Waals surface area contributed by atoms with Crippen LogP contribution in [0.15, 0.2) is 52.1 Å². The zero-order chi connectivity index (χ0) is 15.5. The smallest absolute Gasteiger partial charge is 0.277 e. The highest BCUT2D eigenvalue weighted by Crippen LogP contribution is 2.28. The molecule has 3 rings (SSSR count). The number of nitrogens with zero attached hydrogens (tertiary/aromatic N) is 2. The van der Waals surface area contributed by atoms with E-state index in [4.69, 9.17) is 4.42 Å². The molecule has 3 nitrogen and oxygen atoms in total. The van der Waals surface area contributed by atoms with Crippen molar-refractivity contribution in [1.82, 2.24) is 10.2 Å². The van der Waals surface area contributed by atoms with Gasteiger partial charge in [0.25, 0.3) is 5.22 Å². The van der Waals surface area contributed by atoms with Crippen molar-refractivity contribution in [3.8, 4) is 11.5 Å². The van der Waals surface area contributed by atoms with Gasteiger partial charge in [0.05, 0.1) is 0 Å². The Bertz CT molecular complexity index is 795. The van der Waals surface area contributed by atoms with E-state index < -0.39 is 0 Å². The fourth-order valence-electron chi connectivity index (χ4n) is 2.29. The van der Waals surface area contributed by atoms with Crippen LogP contribution in [0.2, 0.25) is 0 Å².